The Kier molecular flexibility index (Phi) is 3.66. The van der Waals surface area contributed by atoms with Crippen LogP contribution in [0.25, 0.3) is 0 Å². The van der Waals surface area contributed by atoms with E-state index in [1.54, 1.807) is 5.56 Å². The van der Waals surface area contributed by atoms with Crippen LogP contribution in [0.15, 0.2) is 24.3 Å². The van der Waals surface area contributed by atoms with E-state index in [4.69, 9.17) is 0 Å². The third kappa shape index (κ3) is 2.33. The van der Waals surface area contributed by atoms with Gasteiger partial charge in [0.15, 0.2) is 0 Å². The summed E-state index contributed by atoms with van der Waals surface area (Å²) in [5, 5.41) is 3.64. The first-order valence-corrected chi connectivity index (χ1v) is 8.00. The zero-order valence-electron chi connectivity index (χ0n) is 12.4. The van der Waals surface area contributed by atoms with Gasteiger partial charge in [-0.1, -0.05) is 56.0 Å². The lowest BCUT2D eigenvalue weighted by Gasteiger charge is -2.51. The predicted octanol–water partition coefficient (Wildman–Crippen LogP) is 4.27. The molecule has 1 N–H and O–H groups in total. The van der Waals surface area contributed by atoms with E-state index in [0.717, 1.165) is 11.8 Å². The average Bonchev–Trinajstić information content (AvgIpc) is 2.43. The van der Waals surface area contributed by atoms with Gasteiger partial charge < -0.3 is 5.32 Å². The summed E-state index contributed by atoms with van der Waals surface area (Å²) < 4.78 is 0. The summed E-state index contributed by atoms with van der Waals surface area (Å²) in [4.78, 5) is 0. The Morgan fingerprint density at radius 3 is 2.89 bits per heavy atom. The molecule has 0 aromatic heterocycles. The van der Waals surface area contributed by atoms with E-state index < -0.39 is 0 Å². The van der Waals surface area contributed by atoms with Gasteiger partial charge in [0.2, 0.25) is 0 Å². The summed E-state index contributed by atoms with van der Waals surface area (Å²) in [6.45, 7) is 7.12. The molecule has 1 saturated heterocycles. The topological polar surface area (TPSA) is 12.0 Å². The van der Waals surface area contributed by atoms with E-state index in [1.807, 2.05) is 0 Å². The monoisotopic (exact) mass is 257 g/mol. The van der Waals surface area contributed by atoms with Crippen molar-refractivity contribution in [1.29, 1.82) is 0 Å². The maximum absolute atomic E-state index is 3.64. The van der Waals surface area contributed by atoms with E-state index >= 15 is 0 Å². The first-order valence-electron chi connectivity index (χ1n) is 8.00. The zero-order chi connectivity index (χ0) is 13.3. The van der Waals surface area contributed by atoms with E-state index in [9.17, 15) is 0 Å². The van der Waals surface area contributed by atoms with Crippen LogP contribution in [0.5, 0.6) is 0 Å². The maximum Gasteiger partial charge on any atom is 0.00256 e. The van der Waals surface area contributed by atoms with Gasteiger partial charge in [0.05, 0.1) is 0 Å². The quantitative estimate of drug-likeness (QED) is 0.792. The van der Waals surface area contributed by atoms with Crippen molar-refractivity contribution in [2.24, 2.45) is 11.3 Å². The normalized spacial score (nSPS) is 35.5. The van der Waals surface area contributed by atoms with Crippen molar-refractivity contribution >= 4 is 0 Å². The lowest BCUT2D eigenvalue weighted by atomic mass is 9.56. The largest absolute Gasteiger partial charge is 0.316 e. The molecule has 1 heteroatoms. The standard InChI is InChI=1S/C18H27N/c1-14-6-5-8-16(12-14)17-13-19-11-10-18(17)9-4-3-7-15(18)2/h5-6,8,12,15,17,19H,3-4,7,9-11,13H2,1-2H3. The molecule has 1 heterocycles. The van der Waals surface area contributed by atoms with Crippen LogP contribution in [0.1, 0.15) is 56.1 Å². The highest BCUT2D eigenvalue weighted by Crippen LogP contribution is 2.54. The van der Waals surface area contributed by atoms with Gasteiger partial charge in [-0.05, 0) is 43.2 Å². The van der Waals surface area contributed by atoms with Gasteiger partial charge >= 0.3 is 0 Å². The van der Waals surface area contributed by atoms with Crippen molar-refractivity contribution in [3.8, 4) is 0 Å². The molecule has 1 spiro atoms. The van der Waals surface area contributed by atoms with Crippen LogP contribution < -0.4 is 5.32 Å². The summed E-state index contributed by atoms with van der Waals surface area (Å²) in [5.74, 6) is 1.60. The van der Waals surface area contributed by atoms with Crippen LogP contribution in [0, 0.1) is 18.3 Å². The fourth-order valence-corrected chi connectivity index (χ4v) is 4.61. The molecule has 2 fully saturated rings. The van der Waals surface area contributed by atoms with Crippen LogP contribution in [0.2, 0.25) is 0 Å². The number of piperidine rings is 1. The van der Waals surface area contributed by atoms with Gasteiger partial charge in [-0.15, -0.1) is 0 Å². The van der Waals surface area contributed by atoms with Crippen molar-refractivity contribution in [2.75, 3.05) is 13.1 Å². The molecule has 1 aliphatic heterocycles. The molecule has 1 aromatic rings. The molecule has 3 atom stereocenters. The molecule has 0 bridgehead atoms. The van der Waals surface area contributed by atoms with Crippen molar-refractivity contribution in [2.45, 2.75) is 51.9 Å². The molecule has 1 saturated carbocycles. The Labute approximate surface area is 117 Å². The van der Waals surface area contributed by atoms with Gasteiger partial charge in [-0.2, -0.15) is 0 Å². The molecule has 1 aliphatic carbocycles. The molecule has 1 nitrogen and oxygen atoms in total. The number of nitrogens with one attached hydrogen (secondary N) is 1. The van der Waals surface area contributed by atoms with Gasteiger partial charge in [-0.3, -0.25) is 0 Å². The van der Waals surface area contributed by atoms with Crippen LogP contribution in [-0.2, 0) is 0 Å². The van der Waals surface area contributed by atoms with E-state index in [-0.39, 0.29) is 0 Å². The molecule has 104 valence electrons. The summed E-state index contributed by atoms with van der Waals surface area (Å²) in [6, 6.07) is 9.23. The Hall–Kier alpha value is -0.820. The molecule has 0 amide bonds. The first kappa shape index (κ1) is 13.2. The van der Waals surface area contributed by atoms with E-state index in [2.05, 4.69) is 43.4 Å². The Morgan fingerprint density at radius 2 is 2.11 bits per heavy atom. The van der Waals surface area contributed by atoms with Gasteiger partial charge in [0.25, 0.3) is 0 Å². The van der Waals surface area contributed by atoms with Gasteiger partial charge in [0.1, 0.15) is 0 Å². The number of rotatable bonds is 1. The smallest absolute Gasteiger partial charge is 0.00256 e. The van der Waals surface area contributed by atoms with Gasteiger partial charge in [-0.25, -0.2) is 0 Å². The number of hydrogen-bond acceptors (Lipinski definition) is 1. The minimum atomic E-state index is 0.567. The third-order valence-corrected chi connectivity index (χ3v) is 5.76. The summed E-state index contributed by atoms with van der Waals surface area (Å²) in [7, 11) is 0. The van der Waals surface area contributed by atoms with Crippen molar-refractivity contribution < 1.29 is 0 Å². The second-order valence-corrected chi connectivity index (χ2v) is 6.80. The number of benzene rings is 1. The minimum absolute atomic E-state index is 0.567. The van der Waals surface area contributed by atoms with Crippen LogP contribution >= 0.6 is 0 Å². The highest BCUT2D eigenvalue weighted by Gasteiger charge is 2.46. The summed E-state index contributed by atoms with van der Waals surface area (Å²) in [5.41, 5.74) is 3.54. The Morgan fingerprint density at radius 1 is 1.21 bits per heavy atom. The lowest BCUT2D eigenvalue weighted by Crippen LogP contribution is -2.48. The number of aryl methyl sites for hydroxylation is 1. The zero-order valence-corrected chi connectivity index (χ0v) is 12.4. The maximum atomic E-state index is 3.64. The van der Waals surface area contributed by atoms with Crippen LogP contribution in [0.3, 0.4) is 0 Å². The molecular formula is C18H27N. The molecule has 2 aliphatic rings. The lowest BCUT2D eigenvalue weighted by molar-refractivity contribution is 0.0419. The summed E-state index contributed by atoms with van der Waals surface area (Å²) in [6.07, 6.45) is 7.12. The second-order valence-electron chi connectivity index (χ2n) is 6.80. The highest BCUT2D eigenvalue weighted by atomic mass is 14.9. The SMILES string of the molecule is Cc1cccc(C2CNCCC23CCCCC3C)c1. The van der Waals surface area contributed by atoms with E-state index in [1.165, 1.54) is 50.8 Å². The van der Waals surface area contributed by atoms with Crippen molar-refractivity contribution in [3.05, 3.63) is 35.4 Å². The average molecular weight is 257 g/mol. The molecule has 19 heavy (non-hydrogen) atoms. The Balaban J connectivity index is 1.96. The van der Waals surface area contributed by atoms with Crippen molar-refractivity contribution in [3.63, 3.8) is 0 Å². The van der Waals surface area contributed by atoms with Crippen LogP contribution in [-0.4, -0.2) is 13.1 Å². The fraction of sp³-hybridized carbons (Fsp3) is 0.667. The highest BCUT2D eigenvalue weighted by molar-refractivity contribution is 5.29. The number of hydrogen-bond donors (Lipinski definition) is 1. The molecule has 0 radical (unpaired) electrons. The summed E-state index contributed by atoms with van der Waals surface area (Å²) >= 11 is 0. The third-order valence-electron chi connectivity index (χ3n) is 5.76. The molecule has 1 aromatic carbocycles. The fourth-order valence-electron chi connectivity index (χ4n) is 4.61. The molecular weight excluding hydrogens is 230 g/mol. The van der Waals surface area contributed by atoms with Crippen LogP contribution in [0.4, 0.5) is 0 Å². The Bertz CT molecular complexity index is 433. The first-order chi connectivity index (χ1) is 9.22. The molecule has 3 rings (SSSR count). The predicted molar refractivity (Wildman–Crippen MR) is 81.5 cm³/mol. The van der Waals surface area contributed by atoms with Gasteiger partial charge in [0, 0.05) is 12.5 Å². The van der Waals surface area contributed by atoms with E-state index in [0.29, 0.717) is 5.41 Å². The van der Waals surface area contributed by atoms with Crippen molar-refractivity contribution in [1.82, 2.24) is 5.32 Å². The minimum Gasteiger partial charge on any atom is -0.316 e. The molecule has 3 unspecified atom stereocenters. The second kappa shape index (κ2) is 5.28.